The van der Waals surface area contributed by atoms with Crippen molar-refractivity contribution in [2.45, 2.75) is 272 Å². The Morgan fingerprint density at radius 1 is 0.448 bits per heavy atom. The smallest absolute Gasteiger partial charge is 0.335 e. The van der Waals surface area contributed by atoms with Gasteiger partial charge in [0, 0.05) is 45.8 Å². The van der Waals surface area contributed by atoms with Crippen molar-refractivity contribution in [2.24, 2.45) is 11.8 Å². The van der Waals surface area contributed by atoms with Crippen LogP contribution in [0.5, 0.6) is 0 Å². The van der Waals surface area contributed by atoms with Crippen molar-refractivity contribution in [3.8, 4) is 0 Å². The zero-order valence-corrected chi connectivity index (χ0v) is 66.2. The Morgan fingerprint density at radius 2 is 0.810 bits per heavy atom. The number of carboxylic acids is 3. The number of thiol groups is 1. The Bertz CT molecular complexity index is 3200. The van der Waals surface area contributed by atoms with Crippen LogP contribution in [0.25, 0.3) is 0 Å². The van der Waals surface area contributed by atoms with Crippen LogP contribution in [-0.4, -0.2) is 359 Å². The predicted octanol–water partition coefficient (Wildman–Crippen LogP) is -5.22. The number of rotatable bonds is 45. The quantitative estimate of drug-likeness (QED) is 0.00677. The summed E-state index contributed by atoms with van der Waals surface area (Å²) < 4.78 is 83.7. The fraction of sp³-hybridized carbons (Fsp3) is 0.824. The summed E-state index contributed by atoms with van der Waals surface area (Å²) in [5.74, 6) is -11.8. The van der Waals surface area contributed by atoms with E-state index in [0.29, 0.717) is 5.75 Å². The third-order valence-corrected chi connectivity index (χ3v) is 19.9. The first-order chi connectivity index (χ1) is 55.0. The average Bonchev–Trinajstić information content (AvgIpc) is 0.797. The zero-order valence-electron chi connectivity index (χ0n) is 64.5. The molecule has 0 spiro atoms. The van der Waals surface area contributed by atoms with Gasteiger partial charge < -0.3 is 138 Å². The van der Waals surface area contributed by atoms with Crippen LogP contribution < -0.4 is 16.0 Å². The van der Waals surface area contributed by atoms with Gasteiger partial charge in [0.25, 0.3) is 0 Å². The van der Waals surface area contributed by atoms with Crippen LogP contribution >= 0.6 is 24.4 Å². The second kappa shape index (κ2) is 48.6. The molecular weight excluding hydrogens is 1610 g/mol. The molecular formula is C68H105N3O43S2. The number of aliphatic carboxylic acids is 3. The monoisotopic (exact) mass is 1720 g/mol. The van der Waals surface area contributed by atoms with Crippen LogP contribution in [0.3, 0.4) is 0 Å². The number of ether oxygens (including phenoxy) is 15. The van der Waals surface area contributed by atoms with E-state index in [1.807, 2.05) is 0 Å². The lowest BCUT2D eigenvalue weighted by Crippen LogP contribution is -2.65. The molecule has 0 aromatic rings. The number of amides is 3. The molecule has 46 nitrogen and oxygen atoms in total. The van der Waals surface area contributed by atoms with Crippen LogP contribution in [-0.2, 0) is 158 Å². The lowest BCUT2D eigenvalue weighted by atomic mass is 9.94. The average molecular weight is 1720 g/mol. The van der Waals surface area contributed by atoms with E-state index >= 15 is 0 Å². The Balaban J connectivity index is 1.20. The second-order valence-electron chi connectivity index (χ2n) is 27.8. The van der Waals surface area contributed by atoms with Crippen LogP contribution in [0, 0.1) is 11.8 Å². The molecule has 0 radical (unpaired) electrons. The van der Waals surface area contributed by atoms with Crippen molar-refractivity contribution in [3.05, 3.63) is 0 Å². The minimum absolute atomic E-state index is 0.172. The minimum atomic E-state index is -2.47. The molecule has 3 amide bonds. The van der Waals surface area contributed by atoms with Gasteiger partial charge in [-0.25, -0.2) is 43.7 Å². The van der Waals surface area contributed by atoms with E-state index in [-0.39, 0.29) is 32.8 Å². The number of aliphatic hydroxyl groups excluding tert-OH is 7. The van der Waals surface area contributed by atoms with E-state index in [0.717, 1.165) is 52.2 Å². The summed E-state index contributed by atoms with van der Waals surface area (Å²) in [5, 5.41) is 117. The first-order valence-corrected chi connectivity index (χ1v) is 38.8. The number of esters is 6. The zero-order chi connectivity index (χ0) is 85.8. The summed E-state index contributed by atoms with van der Waals surface area (Å²) in [6, 6.07) is -4.24. The lowest BCUT2D eigenvalue weighted by Gasteiger charge is -2.46. The molecule has 6 fully saturated rings. The topological polar surface area (TPSA) is 637 Å². The highest BCUT2D eigenvalue weighted by Gasteiger charge is 2.57. The standard InChI is InChI=1S/C68H105N3O43S2/c1-28(2)62(92)97-17-15-95-43(76)11-13-45(78)100-26-42-39(112-113-67-51(84)49(82)54(57(108-67)60(88)89)106-64-34(69-31(5)73)21-37(110-94-8)40(24-72)102-64)23-36(71-33(7)75)66(104-42)107-55-50(83)52(85)68(109-58(55)61(90)91)114-111-38-22-35(70-32(6)74)65(105-53-48(81)47(80)30(4)101-56(53)59(86)87)103-41(38)25-99-46(79)14-12-44(77)96-16-18-98-63(93)29(3)27-116-20-10-9-19-115/h28-30,34-42,47-58,64-68,72,80-85,115H,9-27H2,1-8H3,(H,69,73)(H,70,74)(H,71,75)(H,86,87)(H,88,89)(H,90,91)/t29?,30?,34-,35?,36-,37-,38-,39-,40-,41?,42?,47?,48?,49?,50?,51?,52?,53+,54+,55+,56?,57?,58?,64-,65-,66-,67?,68?/m0/s1. The van der Waals surface area contributed by atoms with Crippen LogP contribution in [0.2, 0.25) is 0 Å². The molecule has 0 saturated carbocycles. The first-order valence-electron chi connectivity index (χ1n) is 37.0. The maximum Gasteiger partial charge on any atom is 0.335 e. The normalized spacial score (nSPS) is 33.5. The van der Waals surface area contributed by atoms with E-state index in [9.17, 15) is 109 Å². The molecule has 48 heteroatoms. The highest BCUT2D eigenvalue weighted by Crippen LogP contribution is 2.37. The maximum absolute atomic E-state index is 13.3. The van der Waals surface area contributed by atoms with Gasteiger partial charge in [-0.1, -0.05) is 20.8 Å². The Labute approximate surface area is 672 Å². The highest BCUT2D eigenvalue weighted by atomic mass is 32.2. The molecule has 116 heavy (non-hydrogen) atoms. The number of aliphatic hydroxyl groups is 7. The van der Waals surface area contributed by atoms with Crippen molar-refractivity contribution in [2.75, 3.05) is 70.6 Å². The fourth-order valence-corrected chi connectivity index (χ4v) is 13.6. The largest absolute Gasteiger partial charge is 0.479 e. The van der Waals surface area contributed by atoms with E-state index in [1.54, 1.807) is 32.5 Å². The van der Waals surface area contributed by atoms with E-state index in [2.05, 4.69) is 28.6 Å². The molecule has 16 unspecified atom stereocenters. The highest BCUT2D eigenvalue weighted by molar-refractivity contribution is 7.99. The summed E-state index contributed by atoms with van der Waals surface area (Å²) in [4.78, 5) is 185. The van der Waals surface area contributed by atoms with Crippen molar-refractivity contribution in [1.82, 2.24) is 16.0 Å². The molecule has 0 aliphatic carbocycles. The van der Waals surface area contributed by atoms with Crippen LogP contribution in [0.15, 0.2) is 0 Å². The molecule has 0 aromatic heterocycles. The van der Waals surface area contributed by atoms with Crippen molar-refractivity contribution in [3.63, 3.8) is 0 Å². The Kier molecular flexibility index (Phi) is 41.2. The molecule has 662 valence electrons. The third kappa shape index (κ3) is 30.0. The minimum Gasteiger partial charge on any atom is -0.479 e. The van der Waals surface area contributed by atoms with E-state index in [4.69, 9.17) is 100 Å². The second-order valence-corrected chi connectivity index (χ2v) is 29.4. The van der Waals surface area contributed by atoms with E-state index in [1.165, 1.54) is 6.92 Å². The van der Waals surface area contributed by atoms with Crippen LogP contribution in [0.4, 0.5) is 0 Å². The molecule has 0 aromatic carbocycles. The number of unbranched alkanes of at least 4 members (excludes halogenated alkanes) is 1. The first kappa shape index (κ1) is 98.3. The van der Waals surface area contributed by atoms with Crippen molar-refractivity contribution >= 4 is 95.8 Å². The molecule has 6 aliphatic rings. The number of carbonyl (C=O) groups is 12. The van der Waals surface area contributed by atoms with Gasteiger partial charge in [0.15, 0.2) is 37.2 Å². The van der Waals surface area contributed by atoms with Gasteiger partial charge in [-0.3, -0.25) is 43.2 Å². The van der Waals surface area contributed by atoms with Gasteiger partial charge in [-0.2, -0.15) is 24.4 Å². The molecule has 0 bridgehead atoms. The number of carbonyl (C=O) groups excluding carboxylic acids is 9. The van der Waals surface area contributed by atoms with Gasteiger partial charge in [0.1, 0.15) is 131 Å². The summed E-state index contributed by atoms with van der Waals surface area (Å²) in [5.41, 5.74) is 0. The SMILES string of the molecule is COO[C@H]1C[C@H](NC(C)=O)[C@H](O[C@H]2C(C(=O)O)OC(OO[C@H]3C[C@H](NC(C)=O)[C@H](O[C@H]4C(C(=O)O)OC(OO[C@H]5CC(NC(C)=O)[C@H](O[C@H]6C(C(=O)O)OC(C)C(O)C6O)OC5COC(=O)CCC(=O)OCCOC(=O)C(C)CSCCCCS)C(O)C4O)OC3COC(=O)CCC(=O)OCCOC(=O)C(C)C)C(O)C2O)O[C@H]1CO. The van der Waals surface area contributed by atoms with E-state index < -0.39 is 307 Å². The van der Waals surface area contributed by atoms with Crippen LogP contribution in [0.1, 0.15) is 106 Å². The van der Waals surface area contributed by atoms with Crippen molar-refractivity contribution < 1.29 is 209 Å². The van der Waals surface area contributed by atoms with Crippen molar-refractivity contribution in [1.29, 1.82) is 0 Å². The third-order valence-electron chi connectivity index (χ3n) is 18.3. The summed E-state index contributed by atoms with van der Waals surface area (Å²) in [7, 11) is 1.16. The summed E-state index contributed by atoms with van der Waals surface area (Å²) in [6.07, 6.45) is -49.0. The molecule has 6 aliphatic heterocycles. The summed E-state index contributed by atoms with van der Waals surface area (Å²) in [6.45, 7) is 5.31. The number of hydrogen-bond donors (Lipinski definition) is 14. The molecule has 28 atom stereocenters. The number of thioether (sulfide) groups is 1. The molecule has 6 rings (SSSR count). The molecule has 13 N–H and O–H groups in total. The summed E-state index contributed by atoms with van der Waals surface area (Å²) >= 11 is 5.75. The van der Waals surface area contributed by atoms with Gasteiger partial charge >= 0.3 is 53.7 Å². The number of hydrogen-bond acceptors (Lipinski definition) is 42. The molecule has 6 heterocycles. The predicted molar refractivity (Wildman–Crippen MR) is 377 cm³/mol. The van der Waals surface area contributed by atoms with Gasteiger partial charge in [-0.05, 0) is 31.3 Å². The Morgan fingerprint density at radius 3 is 1.18 bits per heavy atom. The number of carboxylic acid groups (broad SMARTS) is 3. The Hall–Kier alpha value is -6.54. The lowest BCUT2D eigenvalue weighted by molar-refractivity contribution is -0.461. The maximum atomic E-state index is 13.3. The van der Waals surface area contributed by atoms with Gasteiger partial charge in [0.05, 0.1) is 75.5 Å². The van der Waals surface area contributed by atoms with Gasteiger partial charge in [0.2, 0.25) is 30.3 Å². The number of nitrogens with one attached hydrogen (secondary N) is 3. The fourth-order valence-electron chi connectivity index (χ4n) is 12.3. The van der Waals surface area contributed by atoms with Gasteiger partial charge in [-0.15, -0.1) is 0 Å². The molecule has 6 saturated heterocycles.